The van der Waals surface area contributed by atoms with E-state index in [0.717, 1.165) is 17.4 Å². The fourth-order valence-electron chi connectivity index (χ4n) is 2.68. The van der Waals surface area contributed by atoms with Crippen LogP contribution in [0.15, 0.2) is 24.4 Å². The van der Waals surface area contributed by atoms with Crippen LogP contribution in [0.5, 0.6) is 0 Å². The Labute approximate surface area is 113 Å². The van der Waals surface area contributed by atoms with Crippen LogP contribution in [0, 0.1) is 0 Å². The highest BCUT2D eigenvalue weighted by atomic mass is 16.1. The highest BCUT2D eigenvalue weighted by Crippen LogP contribution is 2.25. The van der Waals surface area contributed by atoms with E-state index in [1.165, 1.54) is 23.9 Å². The number of nitrogens with zero attached hydrogens (tertiary/aromatic N) is 1. The first-order chi connectivity index (χ1) is 9.20. The van der Waals surface area contributed by atoms with E-state index in [-0.39, 0.29) is 5.78 Å². The number of aromatic nitrogens is 1. The van der Waals surface area contributed by atoms with Crippen molar-refractivity contribution >= 4 is 16.7 Å². The van der Waals surface area contributed by atoms with Crippen molar-refractivity contribution in [3.63, 3.8) is 0 Å². The van der Waals surface area contributed by atoms with Gasteiger partial charge in [-0.1, -0.05) is 25.1 Å². The van der Waals surface area contributed by atoms with Crippen LogP contribution in [0.1, 0.15) is 35.7 Å². The summed E-state index contributed by atoms with van der Waals surface area (Å²) in [5.41, 5.74) is 3.34. The lowest BCUT2D eigenvalue weighted by Gasteiger charge is -2.03. The van der Waals surface area contributed by atoms with Gasteiger partial charge in [-0.05, 0) is 24.8 Å². The Morgan fingerprint density at radius 2 is 2.21 bits per heavy atom. The summed E-state index contributed by atoms with van der Waals surface area (Å²) in [5, 5.41) is 4.39. The Bertz CT molecular complexity index is 623. The number of carbonyl (C=O) groups is 1. The third-order valence-electron chi connectivity index (χ3n) is 3.90. The molecule has 1 N–H and O–H groups in total. The molecule has 2 aromatic rings. The number of para-hydroxylation sites is 1. The third-order valence-corrected chi connectivity index (χ3v) is 3.90. The average Bonchev–Trinajstić information content (AvgIpc) is 3.19. The molecule has 1 aromatic heterocycles. The second-order valence-corrected chi connectivity index (χ2v) is 5.40. The summed E-state index contributed by atoms with van der Waals surface area (Å²) in [6.45, 7) is 2.61. The number of carbonyl (C=O) groups excluding carboxylic acids is 1. The predicted molar refractivity (Wildman–Crippen MR) is 77.7 cm³/mol. The van der Waals surface area contributed by atoms with Gasteiger partial charge in [-0.25, -0.2) is 0 Å². The van der Waals surface area contributed by atoms with Crippen LogP contribution in [-0.4, -0.2) is 22.9 Å². The Balaban J connectivity index is 1.96. The molecule has 3 heteroatoms. The van der Waals surface area contributed by atoms with Crippen molar-refractivity contribution in [1.29, 1.82) is 0 Å². The molecule has 1 fully saturated rings. The van der Waals surface area contributed by atoms with Gasteiger partial charge in [-0.3, -0.25) is 4.79 Å². The lowest BCUT2D eigenvalue weighted by atomic mass is 10.0. The average molecular weight is 256 g/mol. The maximum atomic E-state index is 12.3. The first kappa shape index (κ1) is 12.4. The zero-order valence-corrected chi connectivity index (χ0v) is 11.6. The molecule has 100 valence electrons. The summed E-state index contributed by atoms with van der Waals surface area (Å²) in [7, 11) is 2.02. The van der Waals surface area contributed by atoms with Crippen molar-refractivity contribution in [2.75, 3.05) is 6.54 Å². The van der Waals surface area contributed by atoms with Gasteiger partial charge in [0.25, 0.3) is 0 Å². The summed E-state index contributed by atoms with van der Waals surface area (Å²) >= 11 is 0. The molecule has 0 atom stereocenters. The maximum absolute atomic E-state index is 12.3. The minimum absolute atomic E-state index is 0.200. The first-order valence-electron chi connectivity index (χ1n) is 7.04. The van der Waals surface area contributed by atoms with Crippen molar-refractivity contribution in [3.8, 4) is 0 Å². The lowest BCUT2D eigenvalue weighted by molar-refractivity contribution is 0.0992. The predicted octanol–water partition coefficient (Wildman–Crippen LogP) is 2.68. The number of aryl methyl sites for hydroxylation is 2. The topological polar surface area (TPSA) is 34.0 Å². The molecule has 19 heavy (non-hydrogen) atoms. The first-order valence-corrected chi connectivity index (χ1v) is 7.04. The van der Waals surface area contributed by atoms with Crippen molar-refractivity contribution < 1.29 is 4.79 Å². The number of nitrogens with one attached hydrogen (secondary N) is 1. The molecule has 3 rings (SSSR count). The number of rotatable bonds is 5. The number of fused-ring (bicyclic) bond motifs is 1. The molecular weight excluding hydrogens is 236 g/mol. The van der Waals surface area contributed by atoms with E-state index in [4.69, 9.17) is 0 Å². The van der Waals surface area contributed by atoms with Crippen molar-refractivity contribution in [2.24, 2.45) is 7.05 Å². The molecule has 0 spiro atoms. The SMILES string of the molecule is CCc1cccc2c(C(=O)CNC3CC3)cn(C)c12. The lowest BCUT2D eigenvalue weighted by Crippen LogP contribution is -2.24. The summed E-state index contributed by atoms with van der Waals surface area (Å²) in [6, 6.07) is 6.81. The summed E-state index contributed by atoms with van der Waals surface area (Å²) in [6.07, 6.45) is 5.38. The molecule has 0 saturated heterocycles. The van der Waals surface area contributed by atoms with E-state index in [9.17, 15) is 4.79 Å². The van der Waals surface area contributed by atoms with Gasteiger partial charge in [0, 0.05) is 30.2 Å². The van der Waals surface area contributed by atoms with E-state index in [1.807, 2.05) is 19.3 Å². The second-order valence-electron chi connectivity index (χ2n) is 5.40. The smallest absolute Gasteiger partial charge is 0.178 e. The van der Waals surface area contributed by atoms with Crippen LogP contribution in [0.4, 0.5) is 0 Å². The Morgan fingerprint density at radius 3 is 2.89 bits per heavy atom. The highest BCUT2D eigenvalue weighted by molar-refractivity contribution is 6.09. The van der Waals surface area contributed by atoms with Gasteiger partial charge in [-0.15, -0.1) is 0 Å². The molecule has 0 radical (unpaired) electrons. The van der Waals surface area contributed by atoms with Gasteiger partial charge in [0.15, 0.2) is 5.78 Å². The van der Waals surface area contributed by atoms with Gasteiger partial charge >= 0.3 is 0 Å². The van der Waals surface area contributed by atoms with E-state index in [2.05, 4.69) is 28.9 Å². The monoisotopic (exact) mass is 256 g/mol. The molecule has 1 heterocycles. The van der Waals surface area contributed by atoms with Gasteiger partial charge in [0.2, 0.25) is 0 Å². The number of hydrogen-bond donors (Lipinski definition) is 1. The van der Waals surface area contributed by atoms with Crippen molar-refractivity contribution in [3.05, 3.63) is 35.5 Å². The van der Waals surface area contributed by atoms with Crippen LogP contribution in [-0.2, 0) is 13.5 Å². The van der Waals surface area contributed by atoms with E-state index < -0.39 is 0 Å². The molecule has 3 nitrogen and oxygen atoms in total. The molecular formula is C16H20N2O. The summed E-state index contributed by atoms with van der Waals surface area (Å²) < 4.78 is 2.08. The fraction of sp³-hybridized carbons (Fsp3) is 0.438. The molecule has 1 aliphatic rings. The Morgan fingerprint density at radius 1 is 1.42 bits per heavy atom. The number of benzene rings is 1. The van der Waals surface area contributed by atoms with Crippen LogP contribution < -0.4 is 5.32 Å². The maximum Gasteiger partial charge on any atom is 0.178 e. The normalized spacial score (nSPS) is 15.1. The Hall–Kier alpha value is -1.61. The highest BCUT2D eigenvalue weighted by Gasteiger charge is 2.22. The van der Waals surface area contributed by atoms with Crippen molar-refractivity contribution in [1.82, 2.24) is 9.88 Å². The Kier molecular flexibility index (Phi) is 3.15. The molecule has 0 aliphatic heterocycles. The second kappa shape index (κ2) is 4.82. The van der Waals surface area contributed by atoms with Crippen LogP contribution in [0.3, 0.4) is 0 Å². The number of ketones is 1. The molecule has 1 aliphatic carbocycles. The minimum atomic E-state index is 0.200. The zero-order valence-electron chi connectivity index (χ0n) is 11.6. The molecule has 1 aromatic carbocycles. The van der Waals surface area contributed by atoms with Crippen LogP contribution in [0.25, 0.3) is 10.9 Å². The van der Waals surface area contributed by atoms with Gasteiger partial charge in [-0.2, -0.15) is 0 Å². The number of hydrogen-bond acceptors (Lipinski definition) is 2. The summed E-state index contributed by atoms with van der Waals surface area (Å²) in [5.74, 6) is 0.200. The minimum Gasteiger partial charge on any atom is -0.350 e. The zero-order chi connectivity index (χ0) is 13.4. The van der Waals surface area contributed by atoms with Crippen LogP contribution in [0.2, 0.25) is 0 Å². The largest absolute Gasteiger partial charge is 0.350 e. The fourth-order valence-corrected chi connectivity index (χ4v) is 2.68. The molecule has 0 amide bonds. The van der Waals surface area contributed by atoms with E-state index >= 15 is 0 Å². The summed E-state index contributed by atoms with van der Waals surface area (Å²) in [4.78, 5) is 12.3. The number of Topliss-reactive ketones (excluding diaryl/α,β-unsaturated/α-hetero) is 1. The van der Waals surface area contributed by atoms with Crippen molar-refractivity contribution in [2.45, 2.75) is 32.2 Å². The van der Waals surface area contributed by atoms with E-state index in [1.54, 1.807) is 0 Å². The third kappa shape index (κ3) is 2.30. The molecule has 0 bridgehead atoms. The van der Waals surface area contributed by atoms with Gasteiger partial charge in [0.05, 0.1) is 12.1 Å². The standard InChI is InChI=1S/C16H20N2O/c1-3-11-5-4-6-13-14(10-18(2)16(11)13)15(19)9-17-12-7-8-12/h4-6,10,12,17H,3,7-9H2,1-2H3. The molecule has 0 unspecified atom stereocenters. The van der Waals surface area contributed by atoms with Gasteiger partial charge in [0.1, 0.15) is 0 Å². The van der Waals surface area contributed by atoms with Crippen LogP contribution >= 0.6 is 0 Å². The van der Waals surface area contributed by atoms with Gasteiger partial charge < -0.3 is 9.88 Å². The van der Waals surface area contributed by atoms with E-state index in [0.29, 0.717) is 12.6 Å². The molecule has 1 saturated carbocycles. The quantitative estimate of drug-likeness (QED) is 0.835.